The van der Waals surface area contributed by atoms with Crippen molar-refractivity contribution in [3.8, 4) is 0 Å². The third-order valence-electron chi connectivity index (χ3n) is 3.51. The molecule has 2 nitrogen and oxygen atoms in total. The zero-order valence-electron chi connectivity index (χ0n) is 10.1. The molecule has 1 atom stereocenters. The quantitative estimate of drug-likeness (QED) is 0.798. The molecule has 1 fully saturated rings. The van der Waals surface area contributed by atoms with E-state index in [1.54, 1.807) is 0 Å². The summed E-state index contributed by atoms with van der Waals surface area (Å²) in [6, 6.07) is 1.34. The number of pyridine rings is 1. The summed E-state index contributed by atoms with van der Waals surface area (Å²) >= 11 is 5.71. The van der Waals surface area contributed by atoms with Gasteiger partial charge in [-0.1, -0.05) is 24.9 Å². The summed E-state index contributed by atoms with van der Waals surface area (Å²) < 4.78 is 13.8. The van der Waals surface area contributed by atoms with Crippen LogP contribution in [0.25, 0.3) is 0 Å². The first-order valence-electron chi connectivity index (χ1n) is 6.26. The van der Waals surface area contributed by atoms with Crippen LogP contribution in [0.15, 0.2) is 12.3 Å². The highest BCUT2D eigenvalue weighted by Gasteiger charge is 2.19. The van der Waals surface area contributed by atoms with Crippen LogP contribution in [0.1, 0.15) is 32.6 Å². The molecule has 94 valence electrons. The van der Waals surface area contributed by atoms with Crippen molar-refractivity contribution in [2.75, 3.05) is 18.0 Å². The van der Waals surface area contributed by atoms with E-state index >= 15 is 0 Å². The van der Waals surface area contributed by atoms with Crippen molar-refractivity contribution in [1.82, 2.24) is 4.98 Å². The van der Waals surface area contributed by atoms with Gasteiger partial charge in [-0.05, 0) is 31.2 Å². The van der Waals surface area contributed by atoms with Gasteiger partial charge < -0.3 is 4.90 Å². The van der Waals surface area contributed by atoms with E-state index < -0.39 is 0 Å². The lowest BCUT2D eigenvalue weighted by molar-refractivity contribution is 0.459. The second-order valence-corrected chi connectivity index (χ2v) is 5.09. The summed E-state index contributed by atoms with van der Waals surface area (Å²) in [4.78, 5) is 6.16. The Balaban J connectivity index is 2.11. The molecular weight excluding hydrogens is 239 g/mol. The van der Waals surface area contributed by atoms with E-state index in [1.807, 2.05) is 4.90 Å². The lowest BCUT2D eigenvalue weighted by atomic mass is 9.98. The fourth-order valence-electron chi connectivity index (χ4n) is 2.43. The Morgan fingerprint density at radius 1 is 1.47 bits per heavy atom. The summed E-state index contributed by atoms with van der Waals surface area (Å²) in [6.07, 6.45) is 6.21. The molecule has 0 radical (unpaired) electrons. The van der Waals surface area contributed by atoms with Crippen LogP contribution in [0, 0.1) is 11.7 Å². The first-order valence-corrected chi connectivity index (χ1v) is 6.64. The van der Waals surface area contributed by atoms with Gasteiger partial charge in [-0.15, -0.1) is 0 Å². The van der Waals surface area contributed by atoms with Crippen molar-refractivity contribution in [2.24, 2.45) is 5.92 Å². The van der Waals surface area contributed by atoms with Crippen molar-refractivity contribution >= 4 is 17.4 Å². The van der Waals surface area contributed by atoms with E-state index in [-0.39, 0.29) is 5.82 Å². The first kappa shape index (κ1) is 12.6. The summed E-state index contributed by atoms with van der Waals surface area (Å²) in [6.45, 7) is 4.01. The number of halogens is 2. The molecule has 1 saturated heterocycles. The highest BCUT2D eigenvalue weighted by atomic mass is 35.5. The molecule has 0 aromatic carbocycles. The van der Waals surface area contributed by atoms with Gasteiger partial charge in [0.05, 0.1) is 5.02 Å². The van der Waals surface area contributed by atoms with E-state index in [0.29, 0.717) is 10.8 Å². The Labute approximate surface area is 107 Å². The molecule has 4 heteroatoms. The lowest BCUT2D eigenvalue weighted by Gasteiger charge is -2.22. The maximum Gasteiger partial charge on any atom is 0.167 e. The van der Waals surface area contributed by atoms with Gasteiger partial charge in [0.1, 0.15) is 0 Å². The van der Waals surface area contributed by atoms with Gasteiger partial charge in [-0.3, -0.25) is 0 Å². The average molecular weight is 257 g/mol. The van der Waals surface area contributed by atoms with Crippen LogP contribution in [0.5, 0.6) is 0 Å². The largest absolute Gasteiger partial charge is 0.354 e. The Morgan fingerprint density at radius 2 is 2.29 bits per heavy atom. The third-order valence-corrected chi connectivity index (χ3v) is 3.72. The highest BCUT2D eigenvalue weighted by Crippen LogP contribution is 2.25. The maximum atomic E-state index is 13.8. The van der Waals surface area contributed by atoms with Crippen molar-refractivity contribution < 1.29 is 4.39 Å². The number of hydrogen-bond donors (Lipinski definition) is 0. The zero-order valence-corrected chi connectivity index (χ0v) is 10.9. The van der Waals surface area contributed by atoms with Crippen molar-refractivity contribution in [3.63, 3.8) is 0 Å². The van der Waals surface area contributed by atoms with E-state index in [2.05, 4.69) is 11.9 Å². The van der Waals surface area contributed by atoms with E-state index in [4.69, 9.17) is 11.6 Å². The van der Waals surface area contributed by atoms with Crippen LogP contribution in [-0.2, 0) is 0 Å². The highest BCUT2D eigenvalue weighted by molar-refractivity contribution is 6.30. The van der Waals surface area contributed by atoms with Gasteiger partial charge in [0.25, 0.3) is 0 Å². The molecular formula is C13H18ClFN2. The number of rotatable bonds is 2. The van der Waals surface area contributed by atoms with E-state index in [9.17, 15) is 4.39 Å². The van der Waals surface area contributed by atoms with E-state index in [1.165, 1.54) is 25.1 Å². The Bertz CT molecular complexity index is 384. The first-order chi connectivity index (χ1) is 8.20. The minimum Gasteiger partial charge on any atom is -0.354 e. The maximum absolute atomic E-state index is 13.8. The molecule has 2 rings (SSSR count). The molecule has 0 bridgehead atoms. The molecule has 2 heterocycles. The van der Waals surface area contributed by atoms with Crippen molar-refractivity contribution in [1.29, 1.82) is 0 Å². The molecule has 0 saturated carbocycles. The molecule has 1 aromatic heterocycles. The molecule has 0 N–H and O–H groups in total. The molecule has 0 spiro atoms. The number of aromatic nitrogens is 1. The summed E-state index contributed by atoms with van der Waals surface area (Å²) in [7, 11) is 0. The van der Waals surface area contributed by atoms with Crippen LogP contribution in [0.2, 0.25) is 5.02 Å². The Hall–Kier alpha value is -0.830. The number of nitrogens with zero attached hydrogens (tertiary/aromatic N) is 2. The molecule has 1 aliphatic rings. The molecule has 1 aromatic rings. The minimum absolute atomic E-state index is 0.313. The third kappa shape index (κ3) is 3.09. The van der Waals surface area contributed by atoms with Gasteiger partial charge >= 0.3 is 0 Å². The van der Waals surface area contributed by atoms with Gasteiger partial charge in [0, 0.05) is 19.3 Å². The van der Waals surface area contributed by atoms with Gasteiger partial charge in [0.2, 0.25) is 0 Å². The fraction of sp³-hybridized carbons (Fsp3) is 0.615. The molecule has 0 aliphatic carbocycles. The molecule has 1 aliphatic heterocycles. The lowest BCUT2D eigenvalue weighted by Crippen LogP contribution is -2.26. The Kier molecular flexibility index (Phi) is 4.21. The molecule has 0 amide bonds. The normalized spacial score (nSPS) is 21.4. The van der Waals surface area contributed by atoms with Crippen LogP contribution < -0.4 is 4.90 Å². The van der Waals surface area contributed by atoms with Gasteiger partial charge in [-0.2, -0.15) is 0 Å². The Morgan fingerprint density at radius 3 is 3.00 bits per heavy atom. The van der Waals surface area contributed by atoms with Crippen LogP contribution in [-0.4, -0.2) is 18.1 Å². The zero-order chi connectivity index (χ0) is 12.3. The van der Waals surface area contributed by atoms with Gasteiger partial charge in [-0.25, -0.2) is 9.37 Å². The minimum atomic E-state index is -0.313. The van der Waals surface area contributed by atoms with Crippen LogP contribution >= 0.6 is 11.6 Å². The molecule has 1 unspecified atom stereocenters. The van der Waals surface area contributed by atoms with E-state index in [0.717, 1.165) is 31.8 Å². The summed E-state index contributed by atoms with van der Waals surface area (Å²) in [5, 5.41) is 0.354. The molecule has 17 heavy (non-hydrogen) atoms. The predicted octanol–water partition coefficient (Wildman–Crippen LogP) is 3.89. The topological polar surface area (TPSA) is 16.1 Å². The second-order valence-electron chi connectivity index (χ2n) is 4.65. The van der Waals surface area contributed by atoms with Crippen LogP contribution in [0.3, 0.4) is 0 Å². The van der Waals surface area contributed by atoms with Crippen molar-refractivity contribution in [3.05, 3.63) is 23.1 Å². The fourth-order valence-corrected chi connectivity index (χ4v) is 2.57. The standard InChI is InChI=1S/C13H18ClFN2/c1-2-10-4-3-6-17(7-5-10)13-12(15)8-11(14)9-16-13/h8-10H,2-7H2,1H3. The smallest absolute Gasteiger partial charge is 0.167 e. The summed E-state index contributed by atoms with van der Waals surface area (Å²) in [5.41, 5.74) is 0. The monoisotopic (exact) mass is 256 g/mol. The predicted molar refractivity (Wildman–Crippen MR) is 69.1 cm³/mol. The number of anilines is 1. The van der Waals surface area contributed by atoms with Crippen LogP contribution in [0.4, 0.5) is 10.2 Å². The summed E-state index contributed by atoms with van der Waals surface area (Å²) in [5.74, 6) is 0.911. The second kappa shape index (κ2) is 5.67. The number of hydrogen-bond acceptors (Lipinski definition) is 2. The van der Waals surface area contributed by atoms with Gasteiger partial charge in [0.15, 0.2) is 11.6 Å². The SMILES string of the molecule is CCC1CCCN(c2ncc(Cl)cc2F)CC1. The average Bonchev–Trinajstić information content (AvgIpc) is 2.54. The van der Waals surface area contributed by atoms with Crippen molar-refractivity contribution in [2.45, 2.75) is 32.6 Å².